The Kier molecular flexibility index (Phi) is 4.44. The Morgan fingerprint density at radius 1 is 1.33 bits per heavy atom. The molecule has 0 fully saturated rings. The number of halogens is 2. The molecule has 1 N–H and O–H groups in total. The number of nitrogens with one attached hydrogen (secondary N) is 1. The highest BCUT2D eigenvalue weighted by Gasteiger charge is 2.02. The molecular formula is C13H12BrClN2O. The monoisotopic (exact) mass is 326 g/mol. The molecule has 0 saturated heterocycles. The average Bonchev–Trinajstić information content (AvgIpc) is 2.38. The van der Waals surface area contributed by atoms with E-state index in [2.05, 4.69) is 26.2 Å². The Morgan fingerprint density at radius 3 is 2.89 bits per heavy atom. The fourth-order valence-electron chi connectivity index (χ4n) is 1.51. The first-order chi connectivity index (χ1) is 8.69. The maximum absolute atomic E-state index is 5.96. The van der Waals surface area contributed by atoms with Gasteiger partial charge in [0, 0.05) is 11.8 Å². The largest absolute Gasteiger partial charge is 0.495 e. The Balaban J connectivity index is 2.06. The Morgan fingerprint density at radius 2 is 2.17 bits per heavy atom. The Hall–Kier alpha value is -1.26. The van der Waals surface area contributed by atoms with Crippen LogP contribution in [0, 0.1) is 0 Å². The van der Waals surface area contributed by atoms with Crippen LogP contribution < -0.4 is 10.1 Å². The number of nitrogens with zero attached hydrogens (tertiary/aromatic N) is 1. The van der Waals surface area contributed by atoms with E-state index in [-0.39, 0.29) is 0 Å². The lowest BCUT2D eigenvalue weighted by Gasteiger charge is -2.09. The molecule has 0 aliphatic carbocycles. The molecule has 5 heteroatoms. The summed E-state index contributed by atoms with van der Waals surface area (Å²) in [6.07, 6.45) is 0. The number of benzene rings is 1. The van der Waals surface area contributed by atoms with E-state index in [4.69, 9.17) is 16.3 Å². The molecule has 94 valence electrons. The van der Waals surface area contributed by atoms with Crippen molar-refractivity contribution in [2.24, 2.45) is 0 Å². The molecule has 0 bridgehead atoms. The van der Waals surface area contributed by atoms with Crippen LogP contribution in [0.2, 0.25) is 5.02 Å². The summed E-state index contributed by atoms with van der Waals surface area (Å²) in [5.41, 5.74) is 1.90. The predicted molar refractivity (Wildman–Crippen MR) is 77.3 cm³/mol. The molecule has 2 aromatic rings. The zero-order valence-electron chi connectivity index (χ0n) is 9.78. The van der Waals surface area contributed by atoms with Crippen molar-refractivity contribution in [2.75, 3.05) is 12.4 Å². The number of methoxy groups -OCH3 is 1. The normalized spacial score (nSPS) is 10.2. The van der Waals surface area contributed by atoms with E-state index < -0.39 is 0 Å². The lowest BCUT2D eigenvalue weighted by Crippen LogP contribution is -2.01. The molecule has 3 nitrogen and oxygen atoms in total. The summed E-state index contributed by atoms with van der Waals surface area (Å²) < 4.78 is 5.99. The number of hydrogen-bond donors (Lipinski definition) is 1. The first kappa shape index (κ1) is 13.2. The lowest BCUT2D eigenvalue weighted by atomic mass is 10.3. The number of rotatable bonds is 4. The quantitative estimate of drug-likeness (QED) is 0.858. The summed E-state index contributed by atoms with van der Waals surface area (Å²) in [4.78, 5) is 4.35. The van der Waals surface area contributed by atoms with Crippen molar-refractivity contribution in [1.82, 2.24) is 4.98 Å². The van der Waals surface area contributed by atoms with Crippen LogP contribution in [-0.4, -0.2) is 12.1 Å². The van der Waals surface area contributed by atoms with Crippen LogP contribution >= 0.6 is 27.5 Å². The van der Waals surface area contributed by atoms with Crippen LogP contribution in [0.1, 0.15) is 5.69 Å². The van der Waals surface area contributed by atoms with Gasteiger partial charge in [0.2, 0.25) is 0 Å². The maximum atomic E-state index is 5.96. The molecule has 0 spiro atoms. The van der Waals surface area contributed by atoms with Crippen molar-refractivity contribution in [3.8, 4) is 5.75 Å². The van der Waals surface area contributed by atoms with Gasteiger partial charge in [-0.05, 0) is 40.2 Å². The van der Waals surface area contributed by atoms with Gasteiger partial charge in [0.15, 0.2) is 0 Å². The van der Waals surface area contributed by atoms with Crippen molar-refractivity contribution < 1.29 is 4.74 Å². The van der Waals surface area contributed by atoms with Gasteiger partial charge < -0.3 is 10.1 Å². The molecule has 0 saturated carbocycles. The van der Waals surface area contributed by atoms with Crippen molar-refractivity contribution in [1.29, 1.82) is 0 Å². The van der Waals surface area contributed by atoms with Crippen molar-refractivity contribution in [3.63, 3.8) is 0 Å². The molecule has 1 heterocycles. The van der Waals surface area contributed by atoms with Crippen molar-refractivity contribution in [2.45, 2.75) is 6.54 Å². The third kappa shape index (κ3) is 3.37. The number of hydrogen-bond acceptors (Lipinski definition) is 3. The number of anilines is 1. The van der Waals surface area contributed by atoms with Crippen LogP contribution in [0.25, 0.3) is 0 Å². The Labute approximate surface area is 119 Å². The second-order valence-electron chi connectivity index (χ2n) is 3.65. The minimum atomic E-state index is 0.601. The molecule has 0 radical (unpaired) electrons. The topological polar surface area (TPSA) is 34.1 Å². The second kappa shape index (κ2) is 6.07. The predicted octanol–water partition coefficient (Wildman–Crippen LogP) is 4.12. The number of ether oxygens (including phenoxy) is 1. The molecule has 0 amide bonds. The molecule has 0 atom stereocenters. The molecule has 1 aromatic carbocycles. The maximum Gasteiger partial charge on any atom is 0.139 e. The van der Waals surface area contributed by atoms with Gasteiger partial charge in [-0.15, -0.1) is 0 Å². The summed E-state index contributed by atoms with van der Waals surface area (Å²) in [7, 11) is 1.60. The van der Waals surface area contributed by atoms with Crippen molar-refractivity contribution in [3.05, 3.63) is 51.7 Å². The Bertz CT molecular complexity index is 548. The first-order valence-electron chi connectivity index (χ1n) is 5.38. The third-order valence-corrected chi connectivity index (χ3v) is 3.15. The summed E-state index contributed by atoms with van der Waals surface area (Å²) in [5.74, 6) is 0.656. The summed E-state index contributed by atoms with van der Waals surface area (Å²) in [5, 5.41) is 3.87. The van der Waals surface area contributed by atoms with E-state index in [0.29, 0.717) is 17.3 Å². The fraction of sp³-hybridized carbons (Fsp3) is 0.154. The zero-order chi connectivity index (χ0) is 13.0. The third-order valence-electron chi connectivity index (χ3n) is 2.40. The van der Waals surface area contributed by atoms with E-state index in [0.717, 1.165) is 16.0 Å². The van der Waals surface area contributed by atoms with Gasteiger partial charge in [0.25, 0.3) is 0 Å². The minimum Gasteiger partial charge on any atom is -0.495 e. The lowest BCUT2D eigenvalue weighted by molar-refractivity contribution is 0.415. The van der Waals surface area contributed by atoms with E-state index in [9.17, 15) is 0 Å². The van der Waals surface area contributed by atoms with Gasteiger partial charge >= 0.3 is 0 Å². The van der Waals surface area contributed by atoms with Crippen molar-refractivity contribution >= 4 is 33.2 Å². The van der Waals surface area contributed by atoms with Gasteiger partial charge in [-0.25, -0.2) is 4.98 Å². The van der Waals surface area contributed by atoms with E-state index >= 15 is 0 Å². The van der Waals surface area contributed by atoms with E-state index in [1.165, 1.54) is 0 Å². The van der Waals surface area contributed by atoms with Gasteiger partial charge in [0.05, 0.1) is 24.4 Å². The molecule has 18 heavy (non-hydrogen) atoms. The van der Waals surface area contributed by atoms with Gasteiger partial charge in [-0.3, -0.25) is 0 Å². The summed E-state index contributed by atoms with van der Waals surface area (Å²) >= 11 is 9.31. The second-order valence-corrected chi connectivity index (χ2v) is 4.87. The van der Waals surface area contributed by atoms with Crippen LogP contribution in [0.5, 0.6) is 5.75 Å². The first-order valence-corrected chi connectivity index (χ1v) is 6.55. The van der Waals surface area contributed by atoms with E-state index in [1.807, 2.05) is 30.3 Å². The molecule has 1 aromatic heterocycles. The molecule has 0 unspecified atom stereocenters. The van der Waals surface area contributed by atoms with Gasteiger partial charge in [-0.1, -0.05) is 17.7 Å². The number of pyridine rings is 1. The van der Waals surface area contributed by atoms with Crippen LogP contribution in [0.3, 0.4) is 0 Å². The molecule has 2 rings (SSSR count). The zero-order valence-corrected chi connectivity index (χ0v) is 12.1. The fourth-order valence-corrected chi connectivity index (χ4v) is 2.09. The SMILES string of the molecule is COc1cc(NCc2cccc(Br)n2)ccc1Cl. The molecular weight excluding hydrogens is 316 g/mol. The van der Waals surface area contributed by atoms with Crippen LogP contribution in [0.15, 0.2) is 41.0 Å². The summed E-state index contributed by atoms with van der Waals surface area (Å²) in [6, 6.07) is 11.4. The highest BCUT2D eigenvalue weighted by atomic mass is 79.9. The smallest absolute Gasteiger partial charge is 0.139 e. The standard InChI is InChI=1S/C13H12BrClN2O/c1-18-12-7-9(5-6-11(12)15)16-8-10-3-2-4-13(14)17-10/h2-7,16H,8H2,1H3. The summed E-state index contributed by atoms with van der Waals surface area (Å²) in [6.45, 7) is 0.643. The minimum absolute atomic E-state index is 0.601. The highest BCUT2D eigenvalue weighted by molar-refractivity contribution is 9.10. The van der Waals surface area contributed by atoms with Gasteiger partial charge in [0.1, 0.15) is 10.4 Å². The van der Waals surface area contributed by atoms with E-state index in [1.54, 1.807) is 13.2 Å². The van der Waals surface area contributed by atoms with Crippen LogP contribution in [0.4, 0.5) is 5.69 Å². The van der Waals surface area contributed by atoms with Crippen LogP contribution in [-0.2, 0) is 6.54 Å². The number of aromatic nitrogens is 1. The average molecular weight is 328 g/mol. The highest BCUT2D eigenvalue weighted by Crippen LogP contribution is 2.27. The molecule has 0 aliphatic heterocycles. The van der Waals surface area contributed by atoms with Gasteiger partial charge in [-0.2, -0.15) is 0 Å². The molecule has 0 aliphatic rings.